The van der Waals surface area contributed by atoms with E-state index in [1.54, 1.807) is 0 Å². The van der Waals surface area contributed by atoms with Crippen molar-refractivity contribution >= 4 is 40.9 Å². The number of hydrogen-bond donors (Lipinski definition) is 1. The van der Waals surface area contributed by atoms with E-state index in [9.17, 15) is 4.79 Å². The van der Waals surface area contributed by atoms with Crippen LogP contribution in [0.3, 0.4) is 0 Å². The Morgan fingerprint density at radius 3 is 2.46 bits per heavy atom. The van der Waals surface area contributed by atoms with Gasteiger partial charge in [-0.2, -0.15) is 0 Å². The molecule has 0 spiro atoms. The van der Waals surface area contributed by atoms with E-state index < -0.39 is 0 Å². The first-order chi connectivity index (χ1) is 19.0. The van der Waals surface area contributed by atoms with Crippen molar-refractivity contribution in [3.63, 3.8) is 0 Å². The number of benzene rings is 2. The normalized spacial score (nSPS) is 16.9. The van der Waals surface area contributed by atoms with Crippen molar-refractivity contribution in [2.75, 3.05) is 36.9 Å². The number of carbonyl (C=O) groups excluding carboxylic acids is 1. The number of likely N-dealkylation sites (tertiary alicyclic amines) is 1. The van der Waals surface area contributed by atoms with E-state index >= 15 is 0 Å². The van der Waals surface area contributed by atoms with Crippen molar-refractivity contribution in [2.24, 2.45) is 0 Å². The van der Waals surface area contributed by atoms with Crippen LogP contribution in [0.2, 0.25) is 10.0 Å². The zero-order valence-electron chi connectivity index (χ0n) is 23.6. The Hall–Kier alpha value is -2.79. The molecule has 1 fully saturated rings. The van der Waals surface area contributed by atoms with Crippen LogP contribution in [0.5, 0.6) is 0 Å². The van der Waals surface area contributed by atoms with Crippen molar-refractivity contribution in [2.45, 2.75) is 52.4 Å². The minimum Gasteiger partial charge on any atom is -0.388 e. The topological polar surface area (TPSA) is 35.6 Å². The number of hydrogen-bond acceptors (Lipinski definition) is 4. The zero-order chi connectivity index (χ0) is 28.2. The first kappa shape index (κ1) is 30.7. The van der Waals surface area contributed by atoms with Gasteiger partial charge in [0.05, 0.1) is 15.7 Å². The fourth-order valence-corrected chi connectivity index (χ4v) is 5.41. The van der Waals surface area contributed by atoms with Gasteiger partial charge in [-0.25, -0.2) is 0 Å². The number of anilines is 2. The van der Waals surface area contributed by atoms with Gasteiger partial charge in [0, 0.05) is 44.0 Å². The third kappa shape index (κ3) is 8.11. The Balaban J connectivity index is 0.000000644. The van der Waals surface area contributed by atoms with Crippen LogP contribution in [0.25, 0.3) is 0 Å². The average molecular weight is 567 g/mol. The van der Waals surface area contributed by atoms with E-state index in [0.717, 1.165) is 38.0 Å². The summed E-state index contributed by atoms with van der Waals surface area (Å²) in [6.45, 7) is 8.96. The lowest BCUT2D eigenvalue weighted by molar-refractivity contribution is -0.107. The van der Waals surface area contributed by atoms with E-state index in [1.807, 2.05) is 46.0 Å². The van der Waals surface area contributed by atoms with E-state index in [1.165, 1.54) is 40.9 Å². The lowest BCUT2D eigenvalue weighted by Gasteiger charge is -2.35. The molecule has 2 heterocycles. The maximum atomic E-state index is 9.17. The van der Waals surface area contributed by atoms with Crippen LogP contribution in [0, 0.1) is 0 Å². The summed E-state index contributed by atoms with van der Waals surface area (Å²) in [5, 5.41) is 4.44. The monoisotopic (exact) mass is 565 g/mol. The second-order valence-corrected chi connectivity index (χ2v) is 10.3. The molecule has 0 aromatic heterocycles. The number of nitrogens with one attached hydrogen (secondary N) is 1. The molecule has 1 saturated heterocycles. The molecular weight excluding hydrogens is 525 g/mol. The SMILES string of the molecule is CC.CCC=O.CNc1cccc(C2CCN(CC3=C4CC(=CC=C3)C=CN4c3cccc(Cl)c3Cl)CC2)c1. The summed E-state index contributed by atoms with van der Waals surface area (Å²) in [5.74, 6) is 0.629. The van der Waals surface area contributed by atoms with Crippen molar-refractivity contribution in [1.82, 2.24) is 4.90 Å². The number of rotatable bonds is 6. The number of carbonyl (C=O) groups is 1. The quantitative estimate of drug-likeness (QED) is 0.354. The minimum atomic E-state index is 0.583. The van der Waals surface area contributed by atoms with Gasteiger partial charge in [-0.1, -0.05) is 80.4 Å². The van der Waals surface area contributed by atoms with Crippen molar-refractivity contribution < 1.29 is 4.79 Å². The summed E-state index contributed by atoms with van der Waals surface area (Å²) in [7, 11) is 1.98. The number of fused-ring (bicyclic) bond motifs is 2. The molecule has 2 aromatic rings. The van der Waals surface area contributed by atoms with Crippen molar-refractivity contribution in [1.29, 1.82) is 0 Å². The van der Waals surface area contributed by atoms with Gasteiger partial charge in [-0.15, -0.1) is 0 Å². The molecular formula is C33H41Cl2N3O. The Morgan fingerprint density at radius 2 is 1.77 bits per heavy atom. The summed E-state index contributed by atoms with van der Waals surface area (Å²) >= 11 is 12.9. The molecule has 2 aromatic carbocycles. The van der Waals surface area contributed by atoms with E-state index in [0.29, 0.717) is 22.4 Å². The van der Waals surface area contributed by atoms with Crippen LogP contribution >= 0.6 is 23.2 Å². The Morgan fingerprint density at radius 1 is 1.05 bits per heavy atom. The van der Waals surface area contributed by atoms with E-state index in [4.69, 9.17) is 23.2 Å². The van der Waals surface area contributed by atoms with Gasteiger partial charge in [0.2, 0.25) is 0 Å². The van der Waals surface area contributed by atoms with Crippen LogP contribution in [-0.4, -0.2) is 37.9 Å². The fraction of sp³-hybridized carbons (Fsp3) is 0.364. The molecule has 0 atom stereocenters. The molecule has 2 aliphatic heterocycles. The van der Waals surface area contributed by atoms with Crippen LogP contribution in [0.15, 0.2) is 89.8 Å². The molecule has 0 unspecified atom stereocenters. The number of aldehydes is 1. The van der Waals surface area contributed by atoms with Crippen LogP contribution in [-0.2, 0) is 4.79 Å². The van der Waals surface area contributed by atoms with Crippen LogP contribution in [0.1, 0.15) is 57.9 Å². The fourth-order valence-electron chi connectivity index (χ4n) is 5.03. The third-order valence-corrected chi connectivity index (χ3v) is 7.87. The molecule has 0 amide bonds. The predicted octanol–water partition coefficient (Wildman–Crippen LogP) is 9.01. The second-order valence-electron chi connectivity index (χ2n) is 9.51. The highest BCUT2D eigenvalue weighted by molar-refractivity contribution is 6.43. The van der Waals surface area contributed by atoms with Gasteiger partial charge in [0.1, 0.15) is 6.29 Å². The number of allylic oxidation sites excluding steroid dienone is 4. The third-order valence-electron chi connectivity index (χ3n) is 7.06. The van der Waals surface area contributed by atoms with E-state index in [2.05, 4.69) is 69.9 Å². The lowest BCUT2D eigenvalue weighted by Crippen LogP contribution is -2.35. The molecule has 39 heavy (non-hydrogen) atoms. The molecule has 0 radical (unpaired) electrons. The summed E-state index contributed by atoms with van der Waals surface area (Å²) in [4.78, 5) is 14.0. The van der Waals surface area contributed by atoms with Gasteiger partial charge < -0.3 is 15.0 Å². The first-order valence-corrected chi connectivity index (χ1v) is 14.7. The smallest absolute Gasteiger partial charge is 0.119 e. The molecule has 0 saturated carbocycles. The maximum Gasteiger partial charge on any atom is 0.119 e. The molecule has 5 rings (SSSR count). The molecule has 1 N–H and O–H groups in total. The summed E-state index contributed by atoms with van der Waals surface area (Å²) in [6, 6.07) is 14.7. The highest BCUT2D eigenvalue weighted by atomic mass is 35.5. The van der Waals surface area contributed by atoms with Gasteiger partial charge in [-0.3, -0.25) is 4.90 Å². The average Bonchev–Trinajstić information content (AvgIpc) is 3.14. The lowest BCUT2D eigenvalue weighted by atomic mass is 9.89. The molecule has 2 bridgehead atoms. The molecule has 3 aliphatic rings. The molecule has 1 aliphatic carbocycles. The maximum absolute atomic E-state index is 9.17. The van der Waals surface area contributed by atoms with Gasteiger partial charge in [-0.05, 0) is 78.9 Å². The summed E-state index contributed by atoms with van der Waals surface area (Å²) in [6.07, 6.45) is 15.7. The van der Waals surface area contributed by atoms with Gasteiger partial charge in [0.25, 0.3) is 0 Å². The number of piperidine rings is 1. The first-order valence-electron chi connectivity index (χ1n) is 14.0. The largest absolute Gasteiger partial charge is 0.388 e. The second kappa shape index (κ2) is 15.7. The Bertz CT molecular complexity index is 1220. The van der Waals surface area contributed by atoms with Gasteiger partial charge >= 0.3 is 0 Å². The van der Waals surface area contributed by atoms with Crippen molar-refractivity contribution in [3.8, 4) is 0 Å². The number of nitrogens with zero attached hydrogens (tertiary/aromatic N) is 2. The molecule has 6 heteroatoms. The summed E-state index contributed by atoms with van der Waals surface area (Å²) < 4.78 is 0. The van der Waals surface area contributed by atoms with Crippen molar-refractivity contribution in [3.05, 3.63) is 105 Å². The molecule has 4 nitrogen and oxygen atoms in total. The Labute approximate surface area is 244 Å². The van der Waals surface area contributed by atoms with Gasteiger partial charge in [0.15, 0.2) is 0 Å². The highest BCUT2D eigenvalue weighted by Crippen LogP contribution is 2.40. The Kier molecular flexibility index (Phi) is 12.4. The van der Waals surface area contributed by atoms with Crippen LogP contribution in [0.4, 0.5) is 11.4 Å². The molecule has 208 valence electrons. The van der Waals surface area contributed by atoms with E-state index in [-0.39, 0.29) is 0 Å². The van der Waals surface area contributed by atoms with Crippen LogP contribution < -0.4 is 10.2 Å². The number of halogens is 2. The predicted molar refractivity (Wildman–Crippen MR) is 169 cm³/mol. The highest BCUT2D eigenvalue weighted by Gasteiger charge is 2.25. The summed E-state index contributed by atoms with van der Waals surface area (Å²) in [5.41, 5.74) is 7.52. The zero-order valence-corrected chi connectivity index (χ0v) is 25.1. The standard InChI is InChI=1S/C28H29Cl2N3.C3H6O.C2H6/c1-31-24-8-3-6-22(18-24)21-12-14-32(15-13-21)19-23-7-2-5-20-11-16-33(27(23)17-20)26-10-4-9-25(29)28(26)30;1-2-3-4;1-2/h2-11,16,18,21,31H,12-15,17,19H2,1H3;3H,2H2,1H3;1-2H3. The minimum absolute atomic E-state index is 0.583.